The summed E-state index contributed by atoms with van der Waals surface area (Å²) in [6.07, 6.45) is 8.52. The smallest absolute Gasteiger partial charge is 0.0138 e. The molecule has 0 rings (SSSR count). The summed E-state index contributed by atoms with van der Waals surface area (Å²) in [7, 11) is 0. The van der Waals surface area contributed by atoms with Gasteiger partial charge in [0.2, 0.25) is 0 Å². The van der Waals surface area contributed by atoms with Crippen molar-refractivity contribution in [2.45, 2.75) is 40.0 Å². The van der Waals surface area contributed by atoms with Gasteiger partial charge in [-0.3, -0.25) is 0 Å². The van der Waals surface area contributed by atoms with Crippen LogP contribution in [0, 0.1) is 17.8 Å². The molecule has 0 heterocycles. The minimum absolute atomic E-state index is 0.301. The Morgan fingerprint density at radius 3 is 2.50 bits per heavy atom. The van der Waals surface area contributed by atoms with Crippen LogP contribution in [0.3, 0.4) is 0 Å². The van der Waals surface area contributed by atoms with Crippen molar-refractivity contribution < 1.29 is 0 Å². The Balaban J connectivity index is 3.42. The minimum atomic E-state index is 0.301. The van der Waals surface area contributed by atoms with Gasteiger partial charge in [-0.15, -0.1) is 12.3 Å². The zero-order valence-corrected chi connectivity index (χ0v) is 8.61. The van der Waals surface area contributed by atoms with Gasteiger partial charge in [0.15, 0.2) is 0 Å². The fraction of sp³-hybridized carbons (Fsp3) is 0.818. The maximum atomic E-state index is 5.27. The third-order valence-corrected chi connectivity index (χ3v) is 1.99. The molecule has 0 aromatic heterocycles. The highest BCUT2D eigenvalue weighted by Crippen LogP contribution is 2.23. The average molecular weight is 167 g/mol. The molecule has 0 radical (unpaired) electrons. The lowest BCUT2D eigenvalue weighted by atomic mass is 9.86. The minimum Gasteiger partial charge on any atom is -0.317 e. The molecule has 1 N–H and O–H groups in total. The molecule has 0 aromatic rings. The second-order valence-electron chi connectivity index (χ2n) is 4.05. The van der Waals surface area contributed by atoms with Gasteiger partial charge in [0.25, 0.3) is 0 Å². The molecule has 0 atom stereocenters. The van der Waals surface area contributed by atoms with Crippen molar-refractivity contribution in [2.24, 2.45) is 5.41 Å². The molecule has 0 fully saturated rings. The van der Waals surface area contributed by atoms with Gasteiger partial charge in [-0.05, 0) is 31.3 Å². The second kappa shape index (κ2) is 6.08. The Labute approximate surface area is 76.9 Å². The Morgan fingerprint density at radius 2 is 2.00 bits per heavy atom. The van der Waals surface area contributed by atoms with Crippen LogP contribution in [0.2, 0.25) is 0 Å². The second-order valence-corrected chi connectivity index (χ2v) is 4.05. The van der Waals surface area contributed by atoms with Crippen LogP contribution in [0.4, 0.5) is 0 Å². The molecule has 0 unspecified atom stereocenters. The Morgan fingerprint density at radius 1 is 1.33 bits per heavy atom. The summed E-state index contributed by atoms with van der Waals surface area (Å²) in [6.45, 7) is 8.83. The molecule has 0 aliphatic heterocycles. The lowest BCUT2D eigenvalue weighted by Gasteiger charge is -2.21. The first kappa shape index (κ1) is 11.5. The molecule has 12 heavy (non-hydrogen) atoms. The molecule has 0 aliphatic carbocycles. The number of hydrogen-bond donors (Lipinski definition) is 1. The fourth-order valence-electron chi connectivity index (χ4n) is 1.09. The molecule has 0 amide bonds. The van der Waals surface area contributed by atoms with Crippen LogP contribution in [0.5, 0.6) is 0 Å². The first-order valence-corrected chi connectivity index (χ1v) is 4.76. The third kappa shape index (κ3) is 6.24. The molecule has 70 valence electrons. The number of hydrogen-bond acceptors (Lipinski definition) is 1. The molecule has 0 aromatic carbocycles. The van der Waals surface area contributed by atoms with Crippen LogP contribution in [-0.4, -0.2) is 13.1 Å². The molecule has 0 saturated carbocycles. The standard InChI is InChI=1S/C11H21N/c1-5-7-11(3,4)8-10-12-9-6-2/h1,12H,6-10H2,2-4H3. The summed E-state index contributed by atoms with van der Waals surface area (Å²) in [5.74, 6) is 2.72. The van der Waals surface area contributed by atoms with Gasteiger partial charge in [-0.1, -0.05) is 20.8 Å². The predicted octanol–water partition coefficient (Wildman–Crippen LogP) is 2.43. The van der Waals surface area contributed by atoms with E-state index in [1.165, 1.54) is 6.42 Å². The van der Waals surface area contributed by atoms with Crippen molar-refractivity contribution in [3.05, 3.63) is 0 Å². The molecule has 0 bridgehead atoms. The lowest BCUT2D eigenvalue weighted by Crippen LogP contribution is -2.22. The third-order valence-electron chi connectivity index (χ3n) is 1.99. The van der Waals surface area contributed by atoms with E-state index in [1.807, 2.05) is 0 Å². The molecule has 0 aliphatic rings. The van der Waals surface area contributed by atoms with Gasteiger partial charge in [0, 0.05) is 6.42 Å². The predicted molar refractivity (Wildman–Crippen MR) is 55.0 cm³/mol. The maximum absolute atomic E-state index is 5.27. The van der Waals surface area contributed by atoms with Crippen LogP contribution in [-0.2, 0) is 0 Å². The van der Waals surface area contributed by atoms with Crippen molar-refractivity contribution >= 4 is 0 Å². The molecule has 1 nitrogen and oxygen atoms in total. The summed E-state index contributed by atoms with van der Waals surface area (Å²) in [6, 6.07) is 0. The Kier molecular flexibility index (Phi) is 5.84. The highest BCUT2D eigenvalue weighted by molar-refractivity contribution is 4.90. The Hall–Kier alpha value is -0.480. The molecule has 0 spiro atoms. The first-order valence-electron chi connectivity index (χ1n) is 4.76. The van der Waals surface area contributed by atoms with E-state index in [4.69, 9.17) is 6.42 Å². The van der Waals surface area contributed by atoms with E-state index in [0.29, 0.717) is 5.41 Å². The SMILES string of the molecule is C#CCC(C)(C)CCNCCC. The summed E-state index contributed by atoms with van der Waals surface area (Å²) in [4.78, 5) is 0. The van der Waals surface area contributed by atoms with Gasteiger partial charge < -0.3 is 5.32 Å². The van der Waals surface area contributed by atoms with Crippen molar-refractivity contribution in [2.75, 3.05) is 13.1 Å². The number of rotatable bonds is 6. The van der Waals surface area contributed by atoms with Crippen LogP contribution >= 0.6 is 0 Å². The monoisotopic (exact) mass is 167 g/mol. The summed E-state index contributed by atoms with van der Waals surface area (Å²) < 4.78 is 0. The zero-order valence-electron chi connectivity index (χ0n) is 8.61. The molecule has 0 saturated heterocycles. The van der Waals surface area contributed by atoms with E-state index in [9.17, 15) is 0 Å². The van der Waals surface area contributed by atoms with E-state index in [1.54, 1.807) is 0 Å². The van der Waals surface area contributed by atoms with Crippen molar-refractivity contribution in [1.82, 2.24) is 5.32 Å². The van der Waals surface area contributed by atoms with Crippen molar-refractivity contribution in [3.8, 4) is 12.3 Å². The van der Waals surface area contributed by atoms with Gasteiger partial charge in [-0.2, -0.15) is 0 Å². The van der Waals surface area contributed by atoms with Crippen molar-refractivity contribution in [3.63, 3.8) is 0 Å². The molecular weight excluding hydrogens is 146 g/mol. The summed E-state index contributed by atoms with van der Waals surface area (Å²) in [5, 5.41) is 3.38. The van der Waals surface area contributed by atoms with E-state index in [-0.39, 0.29) is 0 Å². The lowest BCUT2D eigenvalue weighted by molar-refractivity contribution is 0.337. The quantitative estimate of drug-likeness (QED) is 0.473. The first-order chi connectivity index (χ1) is 5.62. The maximum Gasteiger partial charge on any atom is 0.0138 e. The van der Waals surface area contributed by atoms with Crippen LogP contribution in [0.25, 0.3) is 0 Å². The number of nitrogens with one attached hydrogen (secondary N) is 1. The van der Waals surface area contributed by atoms with Gasteiger partial charge >= 0.3 is 0 Å². The largest absolute Gasteiger partial charge is 0.317 e. The Bertz CT molecular complexity index is 142. The van der Waals surface area contributed by atoms with E-state index >= 15 is 0 Å². The zero-order chi connectivity index (χ0) is 9.45. The van der Waals surface area contributed by atoms with Gasteiger partial charge in [0.05, 0.1) is 0 Å². The van der Waals surface area contributed by atoms with Crippen LogP contribution in [0.1, 0.15) is 40.0 Å². The fourth-order valence-corrected chi connectivity index (χ4v) is 1.09. The molecule has 1 heteroatoms. The van der Waals surface area contributed by atoms with Crippen molar-refractivity contribution in [1.29, 1.82) is 0 Å². The van der Waals surface area contributed by atoms with E-state index < -0.39 is 0 Å². The average Bonchev–Trinajstić information content (AvgIpc) is 1.98. The van der Waals surface area contributed by atoms with Crippen LogP contribution < -0.4 is 5.32 Å². The van der Waals surface area contributed by atoms with Gasteiger partial charge in [0.1, 0.15) is 0 Å². The highest BCUT2D eigenvalue weighted by Gasteiger charge is 2.14. The molecular formula is C11H21N. The van der Waals surface area contributed by atoms with E-state index in [2.05, 4.69) is 32.0 Å². The topological polar surface area (TPSA) is 12.0 Å². The summed E-state index contributed by atoms with van der Waals surface area (Å²) in [5.41, 5.74) is 0.301. The van der Waals surface area contributed by atoms with E-state index in [0.717, 1.165) is 25.9 Å². The normalized spacial score (nSPS) is 11.2. The van der Waals surface area contributed by atoms with Crippen LogP contribution in [0.15, 0.2) is 0 Å². The highest BCUT2D eigenvalue weighted by atomic mass is 14.8. The number of terminal acetylenes is 1. The van der Waals surface area contributed by atoms with Gasteiger partial charge in [-0.25, -0.2) is 0 Å². The summed E-state index contributed by atoms with van der Waals surface area (Å²) >= 11 is 0.